The molecule has 0 aliphatic heterocycles. The lowest BCUT2D eigenvalue weighted by molar-refractivity contribution is 0.329. The van der Waals surface area contributed by atoms with E-state index in [-0.39, 0.29) is 0 Å². The first-order valence-corrected chi connectivity index (χ1v) is 4.32. The van der Waals surface area contributed by atoms with Gasteiger partial charge in [-0.3, -0.25) is 0 Å². The van der Waals surface area contributed by atoms with Gasteiger partial charge < -0.3 is 10.5 Å². The molecule has 1 aromatic carbocycles. The highest BCUT2D eigenvalue weighted by Crippen LogP contribution is 2.23. The van der Waals surface area contributed by atoms with E-state index < -0.39 is 12.7 Å². The fourth-order valence-electron chi connectivity index (χ4n) is 1.16. The van der Waals surface area contributed by atoms with Crippen molar-refractivity contribution in [1.82, 2.24) is 0 Å². The molecule has 1 atom stereocenters. The first kappa shape index (κ1) is 9.99. The molecule has 0 aliphatic rings. The van der Waals surface area contributed by atoms with Crippen LogP contribution in [0.3, 0.4) is 0 Å². The first-order valence-electron chi connectivity index (χ1n) is 4.32. The Morgan fingerprint density at radius 1 is 1.46 bits per heavy atom. The van der Waals surface area contributed by atoms with Crippen molar-refractivity contribution in [2.45, 2.75) is 13.0 Å². The van der Waals surface area contributed by atoms with Gasteiger partial charge in [0.25, 0.3) is 0 Å². The van der Waals surface area contributed by atoms with E-state index in [2.05, 4.69) is 0 Å². The van der Waals surface area contributed by atoms with Crippen LogP contribution in [0.15, 0.2) is 24.3 Å². The summed E-state index contributed by atoms with van der Waals surface area (Å²) < 4.78 is 17.6. The number of hydrogen-bond donors (Lipinski definition) is 1. The van der Waals surface area contributed by atoms with Crippen LogP contribution in [0, 0.1) is 0 Å². The summed E-state index contributed by atoms with van der Waals surface area (Å²) in [5, 5.41) is 0. The second kappa shape index (κ2) is 4.82. The van der Waals surface area contributed by atoms with Crippen LogP contribution in [0.2, 0.25) is 0 Å². The lowest BCUT2D eigenvalue weighted by Gasteiger charge is -2.13. The topological polar surface area (TPSA) is 35.2 Å². The third-order valence-electron chi connectivity index (χ3n) is 1.78. The zero-order valence-corrected chi connectivity index (χ0v) is 7.66. The van der Waals surface area contributed by atoms with Gasteiger partial charge in [0.15, 0.2) is 0 Å². The highest BCUT2D eigenvalue weighted by Gasteiger charge is 2.10. The van der Waals surface area contributed by atoms with Gasteiger partial charge in [0, 0.05) is 5.56 Å². The molecule has 2 N–H and O–H groups in total. The van der Waals surface area contributed by atoms with Gasteiger partial charge in [0.2, 0.25) is 0 Å². The van der Waals surface area contributed by atoms with Crippen molar-refractivity contribution in [1.29, 1.82) is 0 Å². The van der Waals surface area contributed by atoms with Crippen LogP contribution in [0.4, 0.5) is 4.39 Å². The molecule has 0 spiro atoms. The van der Waals surface area contributed by atoms with E-state index in [1.54, 1.807) is 12.1 Å². The standard InChI is InChI=1S/C10H14FNO/c1-2-13-10-6-4-3-5-8(10)9(12)7-11/h3-6,9H,2,7,12H2,1H3/t9-/m1/s1. The molecule has 3 heteroatoms. The van der Waals surface area contributed by atoms with Gasteiger partial charge in [0.05, 0.1) is 12.6 Å². The molecule has 2 nitrogen and oxygen atoms in total. The lowest BCUT2D eigenvalue weighted by atomic mass is 10.1. The maximum atomic E-state index is 12.3. The number of nitrogens with two attached hydrogens (primary N) is 1. The predicted octanol–water partition coefficient (Wildman–Crippen LogP) is 2.05. The summed E-state index contributed by atoms with van der Waals surface area (Å²) >= 11 is 0. The third-order valence-corrected chi connectivity index (χ3v) is 1.78. The largest absolute Gasteiger partial charge is 0.494 e. The van der Waals surface area contributed by atoms with Gasteiger partial charge in [-0.25, -0.2) is 4.39 Å². The SMILES string of the molecule is CCOc1ccccc1[C@H](N)CF. The summed E-state index contributed by atoms with van der Waals surface area (Å²) in [5.41, 5.74) is 6.30. The smallest absolute Gasteiger partial charge is 0.124 e. The monoisotopic (exact) mass is 183 g/mol. The molecule has 0 heterocycles. The van der Waals surface area contributed by atoms with Crippen molar-refractivity contribution in [2.24, 2.45) is 5.73 Å². The first-order chi connectivity index (χ1) is 6.29. The highest BCUT2D eigenvalue weighted by molar-refractivity contribution is 5.35. The Balaban J connectivity index is 2.90. The van der Waals surface area contributed by atoms with E-state index in [0.717, 1.165) is 5.56 Å². The lowest BCUT2D eigenvalue weighted by Crippen LogP contribution is -2.13. The van der Waals surface area contributed by atoms with E-state index >= 15 is 0 Å². The molecule has 0 unspecified atom stereocenters. The fourth-order valence-corrected chi connectivity index (χ4v) is 1.16. The van der Waals surface area contributed by atoms with E-state index in [1.165, 1.54) is 0 Å². The minimum atomic E-state index is -0.581. The van der Waals surface area contributed by atoms with Gasteiger partial charge in [0.1, 0.15) is 12.4 Å². The fraction of sp³-hybridized carbons (Fsp3) is 0.400. The van der Waals surface area contributed by atoms with Crippen molar-refractivity contribution in [3.63, 3.8) is 0 Å². The predicted molar refractivity (Wildman–Crippen MR) is 50.5 cm³/mol. The van der Waals surface area contributed by atoms with Gasteiger partial charge >= 0.3 is 0 Å². The Morgan fingerprint density at radius 2 is 2.15 bits per heavy atom. The third kappa shape index (κ3) is 2.42. The number of benzene rings is 1. The van der Waals surface area contributed by atoms with Gasteiger partial charge in [-0.1, -0.05) is 18.2 Å². The van der Waals surface area contributed by atoms with E-state index in [4.69, 9.17) is 10.5 Å². The quantitative estimate of drug-likeness (QED) is 0.775. The average Bonchev–Trinajstić information content (AvgIpc) is 2.18. The Kier molecular flexibility index (Phi) is 3.71. The van der Waals surface area contributed by atoms with E-state index in [9.17, 15) is 4.39 Å². The molecule has 72 valence electrons. The zero-order valence-electron chi connectivity index (χ0n) is 7.66. The van der Waals surface area contributed by atoms with Gasteiger partial charge in [-0.05, 0) is 13.0 Å². The molecule has 0 fully saturated rings. The van der Waals surface area contributed by atoms with E-state index in [1.807, 2.05) is 19.1 Å². The van der Waals surface area contributed by atoms with Crippen LogP contribution < -0.4 is 10.5 Å². The minimum Gasteiger partial charge on any atom is -0.494 e. The Morgan fingerprint density at radius 3 is 2.77 bits per heavy atom. The van der Waals surface area contributed by atoms with Crippen molar-refractivity contribution < 1.29 is 9.13 Å². The molecular weight excluding hydrogens is 169 g/mol. The number of hydrogen-bond acceptors (Lipinski definition) is 2. The van der Waals surface area contributed by atoms with Gasteiger partial charge in [-0.15, -0.1) is 0 Å². The molecule has 0 aliphatic carbocycles. The number of para-hydroxylation sites is 1. The second-order valence-electron chi connectivity index (χ2n) is 2.73. The molecule has 0 radical (unpaired) electrons. The molecular formula is C10H14FNO. The summed E-state index contributed by atoms with van der Waals surface area (Å²) in [6.07, 6.45) is 0. The van der Waals surface area contributed by atoms with Crippen molar-refractivity contribution in [3.8, 4) is 5.75 Å². The molecule has 0 aromatic heterocycles. The summed E-state index contributed by atoms with van der Waals surface area (Å²) in [5.74, 6) is 0.676. The summed E-state index contributed by atoms with van der Waals surface area (Å²) in [7, 11) is 0. The summed E-state index contributed by atoms with van der Waals surface area (Å²) in [6, 6.07) is 6.68. The number of alkyl halides is 1. The minimum absolute atomic E-state index is 0.565. The normalized spacial score (nSPS) is 12.5. The van der Waals surface area contributed by atoms with Crippen LogP contribution in [-0.2, 0) is 0 Å². The van der Waals surface area contributed by atoms with Crippen molar-refractivity contribution in [3.05, 3.63) is 29.8 Å². The van der Waals surface area contributed by atoms with Crippen LogP contribution in [-0.4, -0.2) is 13.3 Å². The highest BCUT2D eigenvalue weighted by atomic mass is 19.1. The molecule has 0 saturated carbocycles. The Labute approximate surface area is 77.5 Å². The van der Waals surface area contributed by atoms with Gasteiger partial charge in [-0.2, -0.15) is 0 Å². The van der Waals surface area contributed by atoms with Crippen LogP contribution in [0.5, 0.6) is 5.75 Å². The molecule has 13 heavy (non-hydrogen) atoms. The Bertz CT molecular complexity index is 265. The Hall–Kier alpha value is -1.09. The zero-order chi connectivity index (χ0) is 9.68. The van der Waals surface area contributed by atoms with E-state index in [0.29, 0.717) is 12.4 Å². The number of halogens is 1. The van der Waals surface area contributed by atoms with Crippen LogP contribution >= 0.6 is 0 Å². The molecule has 0 saturated heterocycles. The number of rotatable bonds is 4. The van der Waals surface area contributed by atoms with Crippen LogP contribution in [0.25, 0.3) is 0 Å². The maximum Gasteiger partial charge on any atom is 0.124 e. The molecule has 1 rings (SSSR count). The maximum absolute atomic E-state index is 12.3. The molecule has 1 aromatic rings. The van der Waals surface area contributed by atoms with Crippen molar-refractivity contribution >= 4 is 0 Å². The summed E-state index contributed by atoms with van der Waals surface area (Å²) in [4.78, 5) is 0. The van der Waals surface area contributed by atoms with Crippen LogP contribution in [0.1, 0.15) is 18.5 Å². The van der Waals surface area contributed by atoms with Crippen molar-refractivity contribution in [2.75, 3.05) is 13.3 Å². The average molecular weight is 183 g/mol. The summed E-state index contributed by atoms with van der Waals surface area (Å²) in [6.45, 7) is 1.89. The molecule has 0 amide bonds. The molecule has 0 bridgehead atoms. The number of ether oxygens (including phenoxy) is 1. The second-order valence-corrected chi connectivity index (χ2v) is 2.73.